The number of hydrogen-bond acceptors (Lipinski definition) is 3. The topological polar surface area (TPSA) is 16.1 Å². The minimum Gasteiger partial charge on any atom is -0.298 e. The van der Waals surface area contributed by atoms with E-state index in [4.69, 9.17) is 11.6 Å². The molecule has 0 amide bonds. The summed E-state index contributed by atoms with van der Waals surface area (Å²) in [5, 5.41) is 3.32. The predicted molar refractivity (Wildman–Crippen MR) is 79.5 cm³/mol. The molecule has 1 aromatic rings. The lowest BCUT2D eigenvalue weighted by Crippen LogP contribution is -2.35. The third-order valence-electron chi connectivity index (χ3n) is 3.97. The van der Waals surface area contributed by atoms with Gasteiger partial charge in [-0.2, -0.15) is 0 Å². The zero-order valence-electron chi connectivity index (χ0n) is 11.4. The second-order valence-electron chi connectivity index (χ2n) is 5.20. The zero-order chi connectivity index (χ0) is 13.0. The first-order chi connectivity index (χ1) is 8.74. The summed E-state index contributed by atoms with van der Waals surface area (Å²) in [6.07, 6.45) is 6.35. The second-order valence-corrected chi connectivity index (χ2v) is 6.41. The SMILES string of the molecule is CCC1CCC(C)N1CCCc1nc(CCl)cs1. The van der Waals surface area contributed by atoms with Gasteiger partial charge < -0.3 is 0 Å². The summed E-state index contributed by atoms with van der Waals surface area (Å²) in [4.78, 5) is 7.21. The number of halogens is 1. The van der Waals surface area contributed by atoms with Gasteiger partial charge in [0.05, 0.1) is 16.6 Å². The van der Waals surface area contributed by atoms with Gasteiger partial charge in [-0.25, -0.2) is 4.98 Å². The van der Waals surface area contributed by atoms with Crippen molar-refractivity contribution in [1.82, 2.24) is 9.88 Å². The number of aromatic nitrogens is 1. The molecule has 0 spiro atoms. The van der Waals surface area contributed by atoms with Crippen LogP contribution in [-0.2, 0) is 12.3 Å². The van der Waals surface area contributed by atoms with Gasteiger partial charge in [0.15, 0.2) is 0 Å². The Morgan fingerprint density at radius 1 is 1.50 bits per heavy atom. The molecule has 1 saturated heterocycles. The van der Waals surface area contributed by atoms with Crippen molar-refractivity contribution in [1.29, 1.82) is 0 Å². The van der Waals surface area contributed by atoms with E-state index in [0.29, 0.717) is 5.88 Å². The number of likely N-dealkylation sites (tertiary alicyclic amines) is 1. The lowest BCUT2D eigenvalue weighted by atomic mass is 10.1. The number of hydrogen-bond donors (Lipinski definition) is 0. The van der Waals surface area contributed by atoms with Crippen molar-refractivity contribution in [2.75, 3.05) is 6.54 Å². The fourth-order valence-electron chi connectivity index (χ4n) is 2.90. The summed E-state index contributed by atoms with van der Waals surface area (Å²) in [6.45, 7) is 5.89. The molecule has 2 nitrogen and oxygen atoms in total. The van der Waals surface area contributed by atoms with Crippen molar-refractivity contribution in [2.45, 2.75) is 63.9 Å². The molecule has 1 aliphatic rings. The molecular weight excluding hydrogens is 264 g/mol. The third-order valence-corrected chi connectivity index (χ3v) is 5.20. The molecule has 4 heteroatoms. The van der Waals surface area contributed by atoms with Crippen LogP contribution >= 0.6 is 22.9 Å². The van der Waals surface area contributed by atoms with Gasteiger partial charge in [-0.05, 0) is 39.2 Å². The van der Waals surface area contributed by atoms with Gasteiger partial charge in [-0.3, -0.25) is 4.90 Å². The Kier molecular flexibility index (Phi) is 5.46. The molecule has 0 aliphatic carbocycles. The Balaban J connectivity index is 1.77. The van der Waals surface area contributed by atoms with Crippen LogP contribution < -0.4 is 0 Å². The van der Waals surface area contributed by atoms with Crippen molar-refractivity contribution in [3.05, 3.63) is 16.1 Å². The minimum absolute atomic E-state index is 0.539. The lowest BCUT2D eigenvalue weighted by molar-refractivity contribution is 0.196. The summed E-state index contributed by atoms with van der Waals surface area (Å²) < 4.78 is 0. The van der Waals surface area contributed by atoms with Crippen LogP contribution in [-0.4, -0.2) is 28.5 Å². The number of rotatable bonds is 6. The summed E-state index contributed by atoms with van der Waals surface area (Å²) in [6, 6.07) is 1.58. The average Bonchev–Trinajstić information content (AvgIpc) is 2.97. The minimum atomic E-state index is 0.539. The Hall–Kier alpha value is -0.120. The number of alkyl halides is 1. The monoisotopic (exact) mass is 286 g/mol. The fourth-order valence-corrected chi connectivity index (χ4v) is 3.97. The van der Waals surface area contributed by atoms with Crippen molar-refractivity contribution < 1.29 is 0 Å². The molecule has 1 aliphatic heterocycles. The summed E-state index contributed by atoms with van der Waals surface area (Å²) in [7, 11) is 0. The fraction of sp³-hybridized carbons (Fsp3) is 0.786. The van der Waals surface area contributed by atoms with E-state index >= 15 is 0 Å². The van der Waals surface area contributed by atoms with E-state index in [0.717, 1.165) is 24.2 Å². The summed E-state index contributed by atoms with van der Waals surface area (Å²) >= 11 is 7.52. The molecule has 0 radical (unpaired) electrons. The van der Waals surface area contributed by atoms with E-state index in [1.54, 1.807) is 11.3 Å². The van der Waals surface area contributed by atoms with Gasteiger partial charge in [-0.1, -0.05) is 6.92 Å². The van der Waals surface area contributed by atoms with E-state index < -0.39 is 0 Å². The molecule has 2 heterocycles. The molecule has 18 heavy (non-hydrogen) atoms. The number of nitrogens with zero attached hydrogens (tertiary/aromatic N) is 2. The van der Waals surface area contributed by atoms with Gasteiger partial charge >= 0.3 is 0 Å². The van der Waals surface area contributed by atoms with Gasteiger partial charge in [0, 0.05) is 23.9 Å². The van der Waals surface area contributed by atoms with Gasteiger partial charge in [0.25, 0.3) is 0 Å². The first kappa shape index (κ1) is 14.3. The second kappa shape index (κ2) is 6.88. The van der Waals surface area contributed by atoms with Gasteiger partial charge in [-0.15, -0.1) is 22.9 Å². The molecule has 0 aromatic carbocycles. The number of thiazole rings is 1. The van der Waals surface area contributed by atoms with E-state index in [-0.39, 0.29) is 0 Å². The predicted octanol–water partition coefficient (Wildman–Crippen LogP) is 4.08. The summed E-state index contributed by atoms with van der Waals surface area (Å²) in [5.74, 6) is 0.539. The van der Waals surface area contributed by atoms with Crippen LogP contribution in [0.25, 0.3) is 0 Å². The lowest BCUT2D eigenvalue weighted by Gasteiger charge is -2.27. The first-order valence-corrected chi connectivity index (χ1v) is 8.41. The molecule has 0 bridgehead atoms. The molecule has 2 unspecified atom stereocenters. The zero-order valence-corrected chi connectivity index (χ0v) is 12.9. The van der Waals surface area contributed by atoms with Crippen LogP contribution in [0.15, 0.2) is 5.38 Å². The van der Waals surface area contributed by atoms with Gasteiger partial charge in [0.1, 0.15) is 0 Å². The molecule has 1 aromatic heterocycles. The highest BCUT2D eigenvalue weighted by Crippen LogP contribution is 2.26. The van der Waals surface area contributed by atoms with E-state index in [1.165, 1.54) is 37.2 Å². The highest BCUT2D eigenvalue weighted by molar-refractivity contribution is 7.09. The molecule has 0 N–H and O–H groups in total. The Morgan fingerprint density at radius 3 is 3.00 bits per heavy atom. The molecule has 102 valence electrons. The Bertz CT molecular complexity index is 366. The maximum atomic E-state index is 5.77. The number of aryl methyl sites for hydroxylation is 1. The highest BCUT2D eigenvalue weighted by Gasteiger charge is 2.28. The van der Waals surface area contributed by atoms with Crippen molar-refractivity contribution in [3.8, 4) is 0 Å². The van der Waals surface area contributed by atoms with Crippen LogP contribution in [0.1, 0.15) is 50.2 Å². The molecule has 2 atom stereocenters. The van der Waals surface area contributed by atoms with Crippen LogP contribution in [0.5, 0.6) is 0 Å². The molecule has 2 rings (SSSR count). The quantitative estimate of drug-likeness (QED) is 0.733. The molecular formula is C14H23ClN2S. The third kappa shape index (κ3) is 3.46. The van der Waals surface area contributed by atoms with Crippen LogP contribution in [0.4, 0.5) is 0 Å². The van der Waals surface area contributed by atoms with Crippen molar-refractivity contribution in [3.63, 3.8) is 0 Å². The maximum absolute atomic E-state index is 5.77. The average molecular weight is 287 g/mol. The van der Waals surface area contributed by atoms with E-state index in [1.807, 2.05) is 0 Å². The van der Waals surface area contributed by atoms with E-state index in [9.17, 15) is 0 Å². The smallest absolute Gasteiger partial charge is 0.0929 e. The molecule has 1 fully saturated rings. The standard InChI is InChI=1S/C14H23ClN2S/c1-3-13-7-6-11(2)17(13)8-4-5-14-16-12(9-15)10-18-14/h10-11,13H,3-9H2,1-2H3. The Labute approximate surface area is 119 Å². The highest BCUT2D eigenvalue weighted by atomic mass is 35.5. The molecule has 0 saturated carbocycles. The van der Waals surface area contributed by atoms with E-state index in [2.05, 4.69) is 29.1 Å². The van der Waals surface area contributed by atoms with Crippen molar-refractivity contribution in [2.24, 2.45) is 0 Å². The summed E-state index contributed by atoms with van der Waals surface area (Å²) in [5.41, 5.74) is 1.03. The first-order valence-electron chi connectivity index (χ1n) is 6.99. The van der Waals surface area contributed by atoms with Crippen LogP contribution in [0, 0.1) is 0 Å². The Morgan fingerprint density at radius 2 is 2.33 bits per heavy atom. The van der Waals surface area contributed by atoms with Crippen LogP contribution in [0.3, 0.4) is 0 Å². The van der Waals surface area contributed by atoms with Crippen molar-refractivity contribution >= 4 is 22.9 Å². The normalized spacial score (nSPS) is 24.8. The van der Waals surface area contributed by atoms with Gasteiger partial charge in [0.2, 0.25) is 0 Å². The van der Waals surface area contributed by atoms with Crippen LogP contribution in [0.2, 0.25) is 0 Å². The largest absolute Gasteiger partial charge is 0.298 e. The maximum Gasteiger partial charge on any atom is 0.0929 e.